The van der Waals surface area contributed by atoms with Crippen LogP contribution in [-0.2, 0) is 13.0 Å². The molecule has 0 aliphatic heterocycles. The third-order valence-corrected chi connectivity index (χ3v) is 6.80. The van der Waals surface area contributed by atoms with Crippen molar-refractivity contribution in [2.45, 2.75) is 13.0 Å². The van der Waals surface area contributed by atoms with Crippen LogP contribution in [0.4, 0.5) is 14.5 Å². The quantitative estimate of drug-likeness (QED) is 0.217. The van der Waals surface area contributed by atoms with Gasteiger partial charge >= 0.3 is 0 Å². The van der Waals surface area contributed by atoms with E-state index in [2.05, 4.69) is 20.7 Å². The molecular formula is C29H19Cl2F2N5O3. The summed E-state index contributed by atoms with van der Waals surface area (Å²) in [5.41, 5.74) is 0.904. The predicted molar refractivity (Wildman–Crippen MR) is 149 cm³/mol. The summed E-state index contributed by atoms with van der Waals surface area (Å²) in [6, 6.07) is 17.8. The van der Waals surface area contributed by atoms with Crippen LogP contribution in [0, 0.1) is 11.6 Å². The number of para-hydroxylation sites is 1. The largest absolute Gasteiger partial charge is 0.347 e. The first kappa shape index (κ1) is 27.9. The molecule has 0 radical (unpaired) electrons. The molecule has 0 bridgehead atoms. The second kappa shape index (κ2) is 11.8. The minimum Gasteiger partial charge on any atom is -0.347 e. The zero-order valence-electron chi connectivity index (χ0n) is 21.0. The highest BCUT2D eigenvalue weighted by Gasteiger charge is 2.23. The SMILES string of the molecule is O=C(NCc1ccc(F)c(F)c1)c1cc(C(=O)Nc2ccccc2Cl)n2ncc(C(=O)Cc3ccccc3Cl)c2n1. The molecule has 0 unspecified atom stereocenters. The molecule has 5 rings (SSSR count). The molecule has 41 heavy (non-hydrogen) atoms. The Kier molecular flexibility index (Phi) is 8.04. The minimum absolute atomic E-state index is 0.0353. The zero-order valence-corrected chi connectivity index (χ0v) is 22.5. The fraction of sp³-hybridized carbons (Fsp3) is 0.0690. The van der Waals surface area contributed by atoms with Gasteiger partial charge in [-0.25, -0.2) is 18.3 Å². The third-order valence-electron chi connectivity index (χ3n) is 6.11. The molecule has 8 nitrogen and oxygen atoms in total. The standard InChI is InChI=1S/C29H19Cl2F2N5O3/c30-19-6-2-1-5-17(19)12-26(39)18-15-35-38-25(29(41)37-23-8-4-3-7-20(23)31)13-24(36-27(18)38)28(40)34-14-16-9-10-21(32)22(33)11-16/h1-11,13,15H,12,14H2,(H,34,40)(H,37,41). The normalized spacial score (nSPS) is 10.9. The summed E-state index contributed by atoms with van der Waals surface area (Å²) < 4.78 is 28.0. The summed E-state index contributed by atoms with van der Waals surface area (Å²) in [6.45, 7) is -0.151. The fourth-order valence-electron chi connectivity index (χ4n) is 4.02. The molecule has 12 heteroatoms. The highest BCUT2D eigenvalue weighted by atomic mass is 35.5. The van der Waals surface area contributed by atoms with Gasteiger partial charge in [0.05, 0.1) is 22.5 Å². The first-order valence-corrected chi connectivity index (χ1v) is 12.9. The van der Waals surface area contributed by atoms with E-state index in [0.29, 0.717) is 21.8 Å². The van der Waals surface area contributed by atoms with Crippen LogP contribution in [0.3, 0.4) is 0 Å². The monoisotopic (exact) mass is 593 g/mol. The van der Waals surface area contributed by atoms with Gasteiger partial charge in [0.15, 0.2) is 23.1 Å². The van der Waals surface area contributed by atoms with Crippen LogP contribution < -0.4 is 10.6 Å². The summed E-state index contributed by atoms with van der Waals surface area (Å²) in [5.74, 6) is -3.87. The maximum absolute atomic E-state index is 13.6. The number of benzene rings is 3. The van der Waals surface area contributed by atoms with Gasteiger partial charge < -0.3 is 10.6 Å². The van der Waals surface area contributed by atoms with Gasteiger partial charge in [-0.05, 0) is 41.5 Å². The maximum atomic E-state index is 13.6. The van der Waals surface area contributed by atoms with E-state index in [4.69, 9.17) is 23.2 Å². The van der Waals surface area contributed by atoms with Gasteiger partial charge in [-0.2, -0.15) is 5.10 Å². The lowest BCUT2D eigenvalue weighted by Gasteiger charge is -2.11. The number of aromatic nitrogens is 3. The van der Waals surface area contributed by atoms with Crippen LogP contribution in [0.1, 0.15) is 42.5 Å². The van der Waals surface area contributed by atoms with Crippen LogP contribution in [-0.4, -0.2) is 32.2 Å². The van der Waals surface area contributed by atoms with Gasteiger partial charge in [-0.3, -0.25) is 14.4 Å². The number of rotatable bonds is 8. The summed E-state index contributed by atoms with van der Waals surface area (Å²) in [7, 11) is 0. The van der Waals surface area contributed by atoms with Crippen molar-refractivity contribution in [3.63, 3.8) is 0 Å². The lowest BCUT2D eigenvalue weighted by molar-refractivity contribution is 0.0943. The Labute approximate surface area is 241 Å². The number of nitrogens with zero attached hydrogens (tertiary/aromatic N) is 3. The number of fused-ring (bicyclic) bond motifs is 1. The summed E-state index contributed by atoms with van der Waals surface area (Å²) in [6.07, 6.45) is 1.19. The van der Waals surface area contributed by atoms with Gasteiger partial charge in [-0.1, -0.05) is 59.6 Å². The molecule has 206 valence electrons. The number of hydrogen-bond donors (Lipinski definition) is 2. The smallest absolute Gasteiger partial charge is 0.274 e. The van der Waals surface area contributed by atoms with E-state index in [1.165, 1.54) is 18.3 Å². The van der Waals surface area contributed by atoms with Crippen molar-refractivity contribution in [3.8, 4) is 0 Å². The van der Waals surface area contributed by atoms with Gasteiger partial charge in [-0.15, -0.1) is 0 Å². The number of ketones is 1. The molecule has 0 saturated heterocycles. The van der Waals surface area contributed by atoms with E-state index in [0.717, 1.165) is 16.6 Å². The Morgan fingerprint density at radius 3 is 2.32 bits per heavy atom. The molecule has 3 aromatic carbocycles. The zero-order chi connectivity index (χ0) is 29.1. The van der Waals surface area contributed by atoms with Crippen LogP contribution in [0.5, 0.6) is 0 Å². The molecule has 0 aliphatic carbocycles. The lowest BCUT2D eigenvalue weighted by atomic mass is 10.1. The number of halogens is 4. The van der Waals surface area contributed by atoms with E-state index in [1.54, 1.807) is 48.5 Å². The summed E-state index contributed by atoms with van der Waals surface area (Å²) in [5, 5.41) is 10.1. The van der Waals surface area contributed by atoms with Crippen LogP contribution in [0.25, 0.3) is 5.65 Å². The molecule has 2 aromatic heterocycles. The Bertz CT molecular complexity index is 1830. The first-order chi connectivity index (χ1) is 19.7. The van der Waals surface area contributed by atoms with Crippen LogP contribution >= 0.6 is 23.2 Å². The van der Waals surface area contributed by atoms with E-state index >= 15 is 0 Å². The highest BCUT2D eigenvalue weighted by Crippen LogP contribution is 2.23. The second-order valence-corrected chi connectivity index (χ2v) is 9.69. The maximum Gasteiger partial charge on any atom is 0.274 e. The summed E-state index contributed by atoms with van der Waals surface area (Å²) in [4.78, 5) is 44.1. The number of carbonyl (C=O) groups excluding carboxylic acids is 3. The van der Waals surface area contributed by atoms with E-state index in [1.807, 2.05) is 0 Å². The lowest BCUT2D eigenvalue weighted by Crippen LogP contribution is -2.26. The highest BCUT2D eigenvalue weighted by molar-refractivity contribution is 6.34. The molecule has 0 fully saturated rings. The van der Waals surface area contributed by atoms with E-state index in [9.17, 15) is 23.2 Å². The molecule has 0 saturated carbocycles. The molecule has 0 aliphatic rings. The van der Waals surface area contributed by atoms with E-state index in [-0.39, 0.29) is 40.6 Å². The predicted octanol–water partition coefficient (Wildman–Crippen LogP) is 5.92. The molecule has 2 amide bonds. The summed E-state index contributed by atoms with van der Waals surface area (Å²) >= 11 is 12.4. The number of anilines is 1. The Morgan fingerprint density at radius 1 is 0.854 bits per heavy atom. The van der Waals surface area contributed by atoms with Gasteiger partial charge in [0.2, 0.25) is 0 Å². The Morgan fingerprint density at radius 2 is 1.59 bits per heavy atom. The van der Waals surface area contributed by atoms with Crippen molar-refractivity contribution in [2.24, 2.45) is 0 Å². The topological polar surface area (TPSA) is 105 Å². The van der Waals surface area contributed by atoms with Crippen molar-refractivity contribution in [1.29, 1.82) is 0 Å². The Balaban J connectivity index is 1.51. The average Bonchev–Trinajstić information content (AvgIpc) is 3.39. The number of nitrogens with one attached hydrogen (secondary N) is 2. The molecule has 5 aromatic rings. The Hall–Kier alpha value is -4.67. The molecule has 0 spiro atoms. The molecule has 0 atom stereocenters. The fourth-order valence-corrected chi connectivity index (χ4v) is 4.40. The van der Waals surface area contributed by atoms with Crippen LogP contribution in [0.15, 0.2) is 79.0 Å². The average molecular weight is 594 g/mol. The van der Waals surface area contributed by atoms with Gasteiger partial charge in [0, 0.05) is 24.1 Å². The van der Waals surface area contributed by atoms with Crippen molar-refractivity contribution >= 4 is 52.1 Å². The van der Waals surface area contributed by atoms with Crippen molar-refractivity contribution in [2.75, 3.05) is 5.32 Å². The van der Waals surface area contributed by atoms with Gasteiger partial charge in [0.25, 0.3) is 11.8 Å². The van der Waals surface area contributed by atoms with E-state index < -0.39 is 29.2 Å². The molecule has 2 N–H and O–H groups in total. The number of hydrogen-bond acceptors (Lipinski definition) is 5. The van der Waals surface area contributed by atoms with Gasteiger partial charge in [0.1, 0.15) is 11.4 Å². The molecule has 2 heterocycles. The molecular weight excluding hydrogens is 575 g/mol. The number of carbonyl (C=O) groups is 3. The van der Waals surface area contributed by atoms with Crippen molar-refractivity contribution < 1.29 is 23.2 Å². The number of amides is 2. The first-order valence-electron chi connectivity index (χ1n) is 12.1. The number of Topliss-reactive ketones (excluding diaryl/α,β-unsaturated/α-hetero) is 1. The minimum atomic E-state index is -1.06. The van der Waals surface area contributed by atoms with Crippen molar-refractivity contribution in [3.05, 3.63) is 129 Å². The second-order valence-electron chi connectivity index (χ2n) is 8.88. The van der Waals surface area contributed by atoms with Crippen molar-refractivity contribution in [1.82, 2.24) is 19.9 Å². The third kappa shape index (κ3) is 6.08. The van der Waals surface area contributed by atoms with Crippen LogP contribution in [0.2, 0.25) is 10.0 Å².